The fourth-order valence-corrected chi connectivity index (χ4v) is 3.88. The van der Waals surface area contributed by atoms with E-state index in [1.807, 2.05) is 0 Å². The zero-order valence-electron chi connectivity index (χ0n) is 27.8. The van der Waals surface area contributed by atoms with Gasteiger partial charge in [-0.1, -0.05) is 0 Å². The Morgan fingerprint density at radius 1 is 0.540 bits per heavy atom. The molecular weight excluding hydrogens is 662 g/mol. The second-order valence-corrected chi connectivity index (χ2v) is 9.87. The molecule has 50 heavy (non-hydrogen) atoms. The first-order valence-electron chi connectivity index (χ1n) is 15.8. The van der Waals surface area contributed by atoms with Crippen molar-refractivity contribution in [3.05, 3.63) is 70.8 Å². The van der Waals surface area contributed by atoms with Crippen LogP contribution < -0.4 is 5.32 Å². The van der Waals surface area contributed by atoms with Crippen molar-refractivity contribution in [3.8, 4) is 0 Å². The van der Waals surface area contributed by atoms with Crippen LogP contribution in [0.5, 0.6) is 0 Å². The first-order chi connectivity index (χ1) is 24.3. The maximum absolute atomic E-state index is 11.4. The van der Waals surface area contributed by atoms with E-state index in [2.05, 4.69) is 15.2 Å². The van der Waals surface area contributed by atoms with Gasteiger partial charge in [0.1, 0.15) is 26.4 Å². The van der Waals surface area contributed by atoms with E-state index < -0.39 is 23.9 Å². The summed E-state index contributed by atoms with van der Waals surface area (Å²) in [5, 5.41) is 52.6. The van der Waals surface area contributed by atoms with Gasteiger partial charge in [0, 0.05) is 26.2 Å². The molecule has 2 aromatic carbocycles. The lowest BCUT2D eigenvalue weighted by Crippen LogP contribution is -2.49. The van der Waals surface area contributed by atoms with Gasteiger partial charge < -0.3 is 59.8 Å². The fraction of sp³-hybridized carbons (Fsp3) is 0.485. The van der Waals surface area contributed by atoms with Gasteiger partial charge in [0.2, 0.25) is 0 Å². The van der Waals surface area contributed by atoms with Crippen molar-refractivity contribution in [2.75, 3.05) is 92.2 Å². The lowest BCUT2D eigenvalue weighted by atomic mass is 10.1. The number of nitrogens with one attached hydrogen (secondary N) is 1. The number of carbonyl (C=O) groups excluding carboxylic acids is 4. The van der Waals surface area contributed by atoms with Gasteiger partial charge in [-0.25, -0.2) is 19.2 Å². The van der Waals surface area contributed by atoms with Gasteiger partial charge in [-0.15, -0.1) is 0 Å². The number of fused-ring (bicyclic) bond motifs is 1. The number of ether oxygens (including phenoxy) is 4. The van der Waals surface area contributed by atoms with Crippen molar-refractivity contribution in [1.82, 2.24) is 10.2 Å². The summed E-state index contributed by atoms with van der Waals surface area (Å²) in [5.41, 5.74) is 1.12. The van der Waals surface area contributed by atoms with Crippen LogP contribution in [-0.2, 0) is 18.9 Å². The van der Waals surface area contributed by atoms with Crippen LogP contribution in [-0.4, -0.2) is 158 Å². The zero-order chi connectivity index (χ0) is 37.0. The molecule has 0 aliphatic carbocycles. The van der Waals surface area contributed by atoms with Gasteiger partial charge in [0.05, 0.1) is 61.9 Å². The Hall–Kier alpha value is -4.65. The normalized spacial score (nSPS) is 12.7. The number of hydrogen-bond donors (Lipinski definition) is 7. The fourth-order valence-electron chi connectivity index (χ4n) is 3.88. The van der Waals surface area contributed by atoms with Gasteiger partial charge in [-0.2, -0.15) is 0 Å². The minimum absolute atomic E-state index is 0.0703. The van der Waals surface area contributed by atoms with Gasteiger partial charge >= 0.3 is 23.9 Å². The molecule has 7 N–H and O–H groups in total. The van der Waals surface area contributed by atoms with Crippen LogP contribution in [0.15, 0.2) is 53.5 Å². The summed E-state index contributed by atoms with van der Waals surface area (Å²) in [6.07, 6.45) is 2.49. The number of guanidine groups is 1. The molecule has 0 atom stereocenters. The van der Waals surface area contributed by atoms with Crippen molar-refractivity contribution >= 4 is 29.8 Å². The van der Waals surface area contributed by atoms with Crippen molar-refractivity contribution in [1.29, 1.82) is 0 Å². The van der Waals surface area contributed by atoms with Crippen LogP contribution >= 0.6 is 0 Å². The topological polar surface area (TPSA) is 254 Å². The summed E-state index contributed by atoms with van der Waals surface area (Å²) in [7, 11) is 0. The first kappa shape index (κ1) is 43.4. The number of benzene rings is 2. The summed E-state index contributed by atoms with van der Waals surface area (Å²) >= 11 is 0. The number of esters is 4. The van der Waals surface area contributed by atoms with Crippen molar-refractivity contribution < 1.29 is 68.8 Å². The molecule has 0 amide bonds. The second kappa shape index (κ2) is 27.2. The number of rotatable bonds is 13. The van der Waals surface area contributed by atoms with Crippen LogP contribution in [0, 0.1) is 0 Å². The molecule has 0 bridgehead atoms. The van der Waals surface area contributed by atoms with Gasteiger partial charge in [0.15, 0.2) is 5.96 Å². The average Bonchev–Trinajstić information content (AvgIpc) is 3.17. The molecule has 2 heterocycles. The lowest BCUT2D eigenvalue weighted by molar-refractivity contribution is 0.0422. The maximum Gasteiger partial charge on any atom is 0.338 e. The summed E-state index contributed by atoms with van der Waals surface area (Å²) in [6.45, 7) is 3.03. The predicted molar refractivity (Wildman–Crippen MR) is 178 cm³/mol. The van der Waals surface area contributed by atoms with Gasteiger partial charge in [0.25, 0.3) is 0 Å². The van der Waals surface area contributed by atoms with Crippen molar-refractivity contribution in [3.63, 3.8) is 0 Å². The molecule has 2 aliphatic rings. The molecule has 2 aliphatic heterocycles. The Labute approximate surface area is 289 Å². The van der Waals surface area contributed by atoms with Gasteiger partial charge in [-0.3, -0.25) is 4.99 Å². The third kappa shape index (κ3) is 17.7. The number of hydrogen-bond acceptors (Lipinski definition) is 17. The van der Waals surface area contributed by atoms with E-state index in [0.717, 1.165) is 19.0 Å². The van der Waals surface area contributed by atoms with Crippen molar-refractivity contribution in [2.24, 2.45) is 4.99 Å². The summed E-state index contributed by atoms with van der Waals surface area (Å²) in [4.78, 5) is 52.2. The Bertz CT molecular complexity index is 1130. The molecule has 278 valence electrons. The maximum atomic E-state index is 11.4. The van der Waals surface area contributed by atoms with E-state index >= 15 is 0 Å². The number of aliphatic hydroxyl groups is 6. The van der Waals surface area contributed by atoms with E-state index in [9.17, 15) is 19.2 Å². The highest BCUT2D eigenvalue weighted by Gasteiger charge is 2.17. The summed E-state index contributed by atoms with van der Waals surface area (Å²) < 4.78 is 18.8. The van der Waals surface area contributed by atoms with E-state index in [-0.39, 0.29) is 88.3 Å². The highest BCUT2D eigenvalue weighted by Crippen LogP contribution is 2.09. The number of aliphatic hydroxyl groups excluding tert-OH is 6. The molecule has 1 fully saturated rings. The quantitative estimate of drug-likeness (QED) is 0.0971. The molecule has 0 unspecified atom stereocenters. The molecule has 1 saturated heterocycles. The van der Waals surface area contributed by atoms with Crippen LogP contribution in [0.4, 0.5) is 0 Å². The molecule has 0 spiro atoms. The molecule has 2 aromatic rings. The Kier molecular flexibility index (Phi) is 23.6. The molecule has 0 aromatic heterocycles. The van der Waals surface area contributed by atoms with E-state index in [0.29, 0.717) is 0 Å². The van der Waals surface area contributed by atoms with E-state index in [4.69, 9.17) is 49.6 Å². The number of carbonyl (C=O) groups is 4. The molecule has 0 saturated carbocycles. The highest BCUT2D eigenvalue weighted by molar-refractivity contribution is 5.94. The highest BCUT2D eigenvalue weighted by atomic mass is 16.6. The smallest absolute Gasteiger partial charge is 0.338 e. The van der Waals surface area contributed by atoms with Gasteiger partial charge in [-0.05, 0) is 61.4 Å². The largest absolute Gasteiger partial charge is 0.460 e. The standard InChI is InChI=1S/2C12H14O6.C7H13N3.C2H6O2/c2*13-5-7-17-11(15)9-1-2-10(4-3-9)12(16)18-8-6-14;1-3-8-7-9-4-2-6-10(7)5-1;3-1-2-4/h2*1-4,13-14H,5-8H2;1-6H2,(H,8,9);3-4H,1-2H2. The Balaban J connectivity index is 0.000000366. The lowest BCUT2D eigenvalue weighted by Gasteiger charge is -2.33. The SMILES string of the molecule is C1CN=C2NCCCN2C1.O=C(OCCO)c1ccc(C(=O)OCCO)cc1.O=C(OCCO)c1ccc(C(=O)OCCO)cc1.OCCO. The molecule has 4 rings (SSSR count). The average molecular weight is 710 g/mol. The monoisotopic (exact) mass is 709 g/mol. The van der Waals surface area contributed by atoms with E-state index in [1.165, 1.54) is 74.5 Å². The Morgan fingerprint density at radius 2 is 0.860 bits per heavy atom. The predicted octanol–water partition coefficient (Wildman–Crippen LogP) is -1.02. The molecular formula is C33H47N3O14. The summed E-state index contributed by atoms with van der Waals surface area (Å²) in [6, 6.07) is 11.4. The van der Waals surface area contributed by atoms with Crippen LogP contribution in [0.1, 0.15) is 54.3 Å². The summed E-state index contributed by atoms with van der Waals surface area (Å²) in [5.74, 6) is -1.14. The molecule has 17 heteroatoms. The number of aliphatic imine (C=N–C) groups is 1. The second-order valence-electron chi connectivity index (χ2n) is 9.87. The zero-order valence-corrected chi connectivity index (χ0v) is 27.8. The van der Waals surface area contributed by atoms with Crippen LogP contribution in [0.25, 0.3) is 0 Å². The minimum Gasteiger partial charge on any atom is -0.460 e. The number of nitrogens with zero attached hydrogens (tertiary/aromatic N) is 2. The first-order valence-corrected chi connectivity index (χ1v) is 15.8. The Morgan fingerprint density at radius 3 is 1.14 bits per heavy atom. The molecule has 0 radical (unpaired) electrons. The third-order valence-corrected chi connectivity index (χ3v) is 6.15. The third-order valence-electron chi connectivity index (χ3n) is 6.15. The molecule has 17 nitrogen and oxygen atoms in total. The van der Waals surface area contributed by atoms with Crippen LogP contribution in [0.3, 0.4) is 0 Å². The minimum atomic E-state index is -0.570. The van der Waals surface area contributed by atoms with Crippen LogP contribution in [0.2, 0.25) is 0 Å². The van der Waals surface area contributed by atoms with Crippen molar-refractivity contribution in [2.45, 2.75) is 12.8 Å². The van der Waals surface area contributed by atoms with E-state index in [1.54, 1.807) is 0 Å².